The Morgan fingerprint density at radius 2 is 1.94 bits per heavy atom. The van der Waals surface area contributed by atoms with E-state index in [0.717, 1.165) is 5.56 Å². The first-order valence-electron chi connectivity index (χ1n) is 9.75. The molecule has 3 heterocycles. The maximum atomic E-state index is 13.2. The Morgan fingerprint density at radius 1 is 1.16 bits per heavy atom. The lowest BCUT2D eigenvalue weighted by Gasteiger charge is -2.23. The number of thioether (sulfide) groups is 1. The van der Waals surface area contributed by atoms with Gasteiger partial charge in [0.2, 0.25) is 5.91 Å². The minimum atomic E-state index is -0.586. The third-order valence-corrected chi connectivity index (χ3v) is 7.05. The number of carbonyl (C=O) groups is 3. The first-order valence-corrected chi connectivity index (χ1v) is 11.7. The molecular formula is C22H21N3O5S2. The van der Waals surface area contributed by atoms with Gasteiger partial charge in [0, 0.05) is 11.4 Å². The number of hydrogen-bond acceptors (Lipinski definition) is 7. The molecule has 2 aromatic heterocycles. The summed E-state index contributed by atoms with van der Waals surface area (Å²) in [7, 11) is 1.58. The average molecular weight is 472 g/mol. The van der Waals surface area contributed by atoms with Gasteiger partial charge in [-0.2, -0.15) is 0 Å². The van der Waals surface area contributed by atoms with E-state index >= 15 is 0 Å². The second-order valence-corrected chi connectivity index (χ2v) is 9.11. The van der Waals surface area contributed by atoms with Crippen molar-refractivity contribution in [2.24, 2.45) is 0 Å². The van der Waals surface area contributed by atoms with Crippen LogP contribution in [0.25, 0.3) is 0 Å². The number of benzene rings is 1. The molecule has 10 heteroatoms. The van der Waals surface area contributed by atoms with Crippen molar-refractivity contribution in [3.63, 3.8) is 0 Å². The molecule has 0 radical (unpaired) electrons. The highest BCUT2D eigenvalue weighted by Crippen LogP contribution is 2.32. The SMILES string of the molecule is COc1ccc(NC(=O)C2CSCN2C(=O)c2sc(NC(=O)c3ccco3)cc2C)cc1. The van der Waals surface area contributed by atoms with Crippen molar-refractivity contribution < 1.29 is 23.5 Å². The lowest BCUT2D eigenvalue weighted by molar-refractivity contribution is -0.119. The summed E-state index contributed by atoms with van der Waals surface area (Å²) in [6.45, 7) is 1.81. The number of rotatable bonds is 6. The summed E-state index contributed by atoms with van der Waals surface area (Å²) in [4.78, 5) is 40.4. The number of nitrogens with zero attached hydrogens (tertiary/aromatic N) is 1. The minimum Gasteiger partial charge on any atom is -0.497 e. The summed E-state index contributed by atoms with van der Waals surface area (Å²) in [5, 5.41) is 6.15. The van der Waals surface area contributed by atoms with Crippen molar-refractivity contribution in [1.82, 2.24) is 4.90 Å². The van der Waals surface area contributed by atoms with Gasteiger partial charge in [0.05, 0.1) is 29.1 Å². The fourth-order valence-corrected chi connectivity index (χ4v) is 5.41. The quantitative estimate of drug-likeness (QED) is 0.562. The van der Waals surface area contributed by atoms with Crippen LogP contribution in [0.2, 0.25) is 0 Å². The summed E-state index contributed by atoms with van der Waals surface area (Å²) < 4.78 is 10.2. The molecule has 0 aliphatic carbocycles. The summed E-state index contributed by atoms with van der Waals surface area (Å²) >= 11 is 2.71. The summed E-state index contributed by atoms with van der Waals surface area (Å²) in [6.07, 6.45) is 1.42. The van der Waals surface area contributed by atoms with E-state index in [0.29, 0.717) is 32.9 Å². The fourth-order valence-electron chi connectivity index (χ4n) is 3.23. The molecule has 3 amide bonds. The second kappa shape index (κ2) is 9.49. The maximum absolute atomic E-state index is 13.2. The van der Waals surface area contributed by atoms with Gasteiger partial charge in [0.1, 0.15) is 11.8 Å². The van der Waals surface area contributed by atoms with E-state index in [-0.39, 0.29) is 23.5 Å². The number of furan rings is 1. The molecule has 0 spiro atoms. The van der Waals surface area contributed by atoms with E-state index in [4.69, 9.17) is 9.15 Å². The summed E-state index contributed by atoms with van der Waals surface area (Å²) in [5.74, 6) is 0.962. The minimum absolute atomic E-state index is 0.190. The molecule has 0 saturated carbocycles. The van der Waals surface area contributed by atoms with Gasteiger partial charge in [0.25, 0.3) is 11.8 Å². The van der Waals surface area contributed by atoms with Crippen LogP contribution in [0.1, 0.15) is 25.8 Å². The number of aryl methyl sites for hydroxylation is 1. The third-order valence-electron chi connectivity index (χ3n) is 4.90. The summed E-state index contributed by atoms with van der Waals surface area (Å²) in [6, 6.07) is 11.4. The number of anilines is 2. The van der Waals surface area contributed by atoms with E-state index in [1.165, 1.54) is 29.4 Å². The zero-order valence-corrected chi connectivity index (χ0v) is 19.0. The van der Waals surface area contributed by atoms with Crippen LogP contribution in [0.4, 0.5) is 10.7 Å². The molecular weight excluding hydrogens is 450 g/mol. The highest BCUT2D eigenvalue weighted by Gasteiger charge is 2.36. The smallest absolute Gasteiger partial charge is 0.291 e. The van der Waals surface area contributed by atoms with E-state index in [9.17, 15) is 14.4 Å². The molecule has 166 valence electrons. The molecule has 1 saturated heterocycles. The van der Waals surface area contributed by atoms with Gasteiger partial charge in [-0.05, 0) is 55.0 Å². The molecule has 3 aromatic rings. The first kappa shape index (κ1) is 22.0. The Morgan fingerprint density at radius 3 is 2.62 bits per heavy atom. The predicted octanol–water partition coefficient (Wildman–Crippen LogP) is 4.06. The van der Waals surface area contributed by atoms with Crippen LogP contribution in [0, 0.1) is 6.92 Å². The molecule has 32 heavy (non-hydrogen) atoms. The number of carbonyl (C=O) groups excluding carboxylic acids is 3. The topological polar surface area (TPSA) is 101 Å². The number of methoxy groups -OCH3 is 1. The molecule has 1 fully saturated rings. The Balaban J connectivity index is 1.45. The monoisotopic (exact) mass is 471 g/mol. The lowest BCUT2D eigenvalue weighted by atomic mass is 10.2. The van der Waals surface area contributed by atoms with Crippen molar-refractivity contribution in [2.45, 2.75) is 13.0 Å². The zero-order chi connectivity index (χ0) is 22.7. The third kappa shape index (κ3) is 4.66. The van der Waals surface area contributed by atoms with Crippen LogP contribution in [0.3, 0.4) is 0 Å². The van der Waals surface area contributed by atoms with Gasteiger partial charge in [0.15, 0.2) is 5.76 Å². The molecule has 1 aromatic carbocycles. The molecule has 4 rings (SSSR count). The molecule has 1 unspecified atom stereocenters. The Kier molecular flexibility index (Phi) is 6.52. The first-order chi connectivity index (χ1) is 15.5. The highest BCUT2D eigenvalue weighted by molar-refractivity contribution is 7.99. The average Bonchev–Trinajstić information content (AvgIpc) is 3.55. The number of thiophene rings is 1. The van der Waals surface area contributed by atoms with Gasteiger partial charge >= 0.3 is 0 Å². The van der Waals surface area contributed by atoms with Gasteiger partial charge in [-0.3, -0.25) is 14.4 Å². The highest BCUT2D eigenvalue weighted by atomic mass is 32.2. The number of nitrogens with one attached hydrogen (secondary N) is 2. The van der Waals surface area contributed by atoms with Crippen LogP contribution in [-0.2, 0) is 4.79 Å². The summed E-state index contributed by atoms with van der Waals surface area (Å²) in [5.41, 5.74) is 1.37. The lowest BCUT2D eigenvalue weighted by Crippen LogP contribution is -2.44. The Hall–Kier alpha value is -3.24. The second-order valence-electron chi connectivity index (χ2n) is 7.06. The molecule has 2 N–H and O–H groups in total. The Labute approximate surface area is 192 Å². The van der Waals surface area contributed by atoms with Gasteiger partial charge in [-0.15, -0.1) is 23.1 Å². The number of hydrogen-bond donors (Lipinski definition) is 2. The van der Waals surface area contributed by atoms with Crippen molar-refractivity contribution in [2.75, 3.05) is 29.4 Å². The van der Waals surface area contributed by atoms with Gasteiger partial charge in [-0.1, -0.05) is 0 Å². The molecule has 1 atom stereocenters. The van der Waals surface area contributed by atoms with Crippen molar-refractivity contribution >= 4 is 51.5 Å². The van der Waals surface area contributed by atoms with E-state index in [1.807, 2.05) is 6.92 Å². The fraction of sp³-hybridized carbons (Fsp3) is 0.227. The largest absolute Gasteiger partial charge is 0.497 e. The normalized spacial score (nSPS) is 15.4. The van der Waals surface area contributed by atoms with Gasteiger partial charge in [-0.25, -0.2) is 0 Å². The number of ether oxygens (including phenoxy) is 1. The van der Waals surface area contributed by atoms with Crippen LogP contribution in [0.5, 0.6) is 5.75 Å². The maximum Gasteiger partial charge on any atom is 0.291 e. The predicted molar refractivity (Wildman–Crippen MR) is 125 cm³/mol. The van der Waals surface area contributed by atoms with Gasteiger partial charge < -0.3 is 24.7 Å². The molecule has 1 aliphatic heterocycles. The van der Waals surface area contributed by atoms with Crippen molar-refractivity contribution in [3.8, 4) is 5.75 Å². The molecule has 8 nitrogen and oxygen atoms in total. The van der Waals surface area contributed by atoms with Crippen LogP contribution in [-0.4, -0.2) is 47.4 Å². The van der Waals surface area contributed by atoms with Crippen LogP contribution < -0.4 is 15.4 Å². The zero-order valence-electron chi connectivity index (χ0n) is 17.4. The van der Waals surface area contributed by atoms with Crippen molar-refractivity contribution in [1.29, 1.82) is 0 Å². The van der Waals surface area contributed by atoms with Crippen LogP contribution in [0.15, 0.2) is 53.1 Å². The molecule has 1 aliphatic rings. The standard InChI is InChI=1S/C22H21N3O5S2/c1-13-10-18(24-21(27)17-4-3-9-30-17)32-19(13)22(28)25-12-31-11-16(25)20(26)23-14-5-7-15(29-2)8-6-14/h3-10,16H,11-12H2,1-2H3,(H,23,26)(H,24,27). The van der Waals surface area contributed by atoms with E-state index < -0.39 is 6.04 Å². The van der Waals surface area contributed by atoms with Crippen LogP contribution >= 0.6 is 23.1 Å². The Bertz CT molecular complexity index is 1130. The van der Waals surface area contributed by atoms with E-state index in [1.54, 1.807) is 54.5 Å². The van der Waals surface area contributed by atoms with E-state index in [2.05, 4.69) is 10.6 Å². The molecule has 0 bridgehead atoms. The van der Waals surface area contributed by atoms with Crippen molar-refractivity contribution in [3.05, 3.63) is 64.9 Å². The number of amides is 3.